The first kappa shape index (κ1) is 16.2. The summed E-state index contributed by atoms with van der Waals surface area (Å²) in [6, 6.07) is 0. The summed E-state index contributed by atoms with van der Waals surface area (Å²) in [5.74, 6) is 0.235. The average Bonchev–Trinajstić information content (AvgIpc) is 2.75. The standard InChI is InChI=1S/C14H21N3O2S2/c1-7(2)11(18)12-10(15)9(13(16)19)14(21-12)17-4-5-20-8(3)6-17/h7-8H,4-6,15H2,1-3H3,(H2,16,19). The number of nitrogens with two attached hydrogens (primary N) is 2. The van der Waals surface area contributed by atoms with Crippen molar-refractivity contribution < 1.29 is 9.59 Å². The highest BCUT2D eigenvalue weighted by molar-refractivity contribution is 8.00. The van der Waals surface area contributed by atoms with Crippen LogP contribution in [0.3, 0.4) is 0 Å². The molecule has 1 unspecified atom stereocenters. The van der Waals surface area contributed by atoms with Crippen LogP contribution in [0.25, 0.3) is 0 Å². The van der Waals surface area contributed by atoms with Crippen LogP contribution in [0.15, 0.2) is 0 Å². The van der Waals surface area contributed by atoms with Crippen molar-refractivity contribution in [3.8, 4) is 0 Å². The molecule has 0 saturated carbocycles. The van der Waals surface area contributed by atoms with Crippen LogP contribution in [0.4, 0.5) is 10.7 Å². The highest BCUT2D eigenvalue weighted by Crippen LogP contribution is 2.40. The molecule has 7 heteroatoms. The Hall–Kier alpha value is -1.21. The van der Waals surface area contributed by atoms with Crippen LogP contribution < -0.4 is 16.4 Å². The normalized spacial score (nSPS) is 19.0. The predicted molar refractivity (Wildman–Crippen MR) is 90.6 cm³/mol. The molecule has 1 amide bonds. The van der Waals surface area contributed by atoms with Crippen molar-refractivity contribution in [2.45, 2.75) is 26.0 Å². The summed E-state index contributed by atoms with van der Waals surface area (Å²) in [5, 5.41) is 1.23. The summed E-state index contributed by atoms with van der Waals surface area (Å²) < 4.78 is 0. The van der Waals surface area contributed by atoms with E-state index in [1.165, 1.54) is 11.3 Å². The van der Waals surface area contributed by atoms with Crippen LogP contribution >= 0.6 is 23.1 Å². The maximum absolute atomic E-state index is 12.3. The molecule has 2 rings (SSSR count). The second-order valence-corrected chi connectivity index (χ2v) is 8.08. The number of carbonyl (C=O) groups is 2. The van der Waals surface area contributed by atoms with Gasteiger partial charge in [0.15, 0.2) is 5.78 Å². The first-order valence-corrected chi connectivity index (χ1v) is 8.82. The highest BCUT2D eigenvalue weighted by Gasteiger charge is 2.29. The number of thioether (sulfide) groups is 1. The molecule has 0 aromatic carbocycles. The Labute approximate surface area is 133 Å². The lowest BCUT2D eigenvalue weighted by atomic mass is 10.1. The molecule has 0 bridgehead atoms. The number of ketones is 1. The SMILES string of the molecule is CC1CN(c2sc(C(=O)C(C)C)c(N)c2C(N)=O)CCS1. The van der Waals surface area contributed by atoms with Gasteiger partial charge < -0.3 is 16.4 Å². The molecule has 0 aliphatic carbocycles. The third-order valence-electron chi connectivity index (χ3n) is 3.45. The molecule has 1 aromatic rings. The van der Waals surface area contributed by atoms with E-state index in [4.69, 9.17) is 11.5 Å². The first-order valence-electron chi connectivity index (χ1n) is 6.95. The Morgan fingerprint density at radius 3 is 2.57 bits per heavy atom. The van der Waals surface area contributed by atoms with Crippen LogP contribution in [0.5, 0.6) is 0 Å². The van der Waals surface area contributed by atoms with Crippen LogP contribution in [-0.4, -0.2) is 35.8 Å². The van der Waals surface area contributed by atoms with Crippen LogP contribution in [0, 0.1) is 5.92 Å². The molecule has 1 atom stereocenters. The number of thiophene rings is 1. The zero-order valence-corrected chi connectivity index (χ0v) is 14.1. The summed E-state index contributed by atoms with van der Waals surface area (Å²) in [6.07, 6.45) is 0. The average molecular weight is 327 g/mol. The zero-order valence-electron chi connectivity index (χ0n) is 12.5. The molecule has 4 N–H and O–H groups in total. The third-order valence-corrected chi connectivity index (χ3v) is 5.87. The Kier molecular flexibility index (Phi) is 4.83. The number of hydrogen-bond donors (Lipinski definition) is 2. The van der Waals surface area contributed by atoms with Crippen LogP contribution in [0.1, 0.15) is 40.8 Å². The van der Waals surface area contributed by atoms with Gasteiger partial charge in [0.25, 0.3) is 5.91 Å². The summed E-state index contributed by atoms with van der Waals surface area (Å²) in [4.78, 5) is 26.6. The molecule has 21 heavy (non-hydrogen) atoms. The summed E-state index contributed by atoms with van der Waals surface area (Å²) in [5.41, 5.74) is 12.1. The van der Waals surface area contributed by atoms with E-state index in [2.05, 4.69) is 11.8 Å². The van der Waals surface area contributed by atoms with Crippen LogP contribution in [0.2, 0.25) is 0 Å². The second kappa shape index (κ2) is 6.27. The number of nitrogen functional groups attached to an aromatic ring is 1. The van der Waals surface area contributed by atoms with Gasteiger partial charge in [0.1, 0.15) is 5.00 Å². The Balaban J connectivity index is 2.47. The minimum absolute atomic E-state index is 0.0364. The molecular formula is C14H21N3O2S2. The Bertz CT molecular complexity index is 569. The minimum atomic E-state index is -0.563. The summed E-state index contributed by atoms with van der Waals surface area (Å²) in [6.45, 7) is 7.47. The van der Waals surface area contributed by atoms with E-state index < -0.39 is 5.91 Å². The van der Waals surface area contributed by atoms with Gasteiger partial charge in [0.05, 0.1) is 16.1 Å². The van der Waals surface area contributed by atoms with Gasteiger partial charge in [-0.05, 0) is 0 Å². The van der Waals surface area contributed by atoms with Crippen molar-refractivity contribution in [1.82, 2.24) is 0 Å². The van der Waals surface area contributed by atoms with E-state index in [1.54, 1.807) is 0 Å². The largest absolute Gasteiger partial charge is 0.397 e. The van der Waals surface area contributed by atoms with E-state index in [-0.39, 0.29) is 17.4 Å². The number of Topliss-reactive ketones (excluding diaryl/α,β-unsaturated/α-hetero) is 1. The van der Waals surface area contributed by atoms with E-state index in [0.717, 1.165) is 23.8 Å². The number of nitrogens with zero attached hydrogens (tertiary/aromatic N) is 1. The molecule has 1 fully saturated rings. The lowest BCUT2D eigenvalue weighted by Crippen LogP contribution is -2.37. The van der Waals surface area contributed by atoms with E-state index in [1.807, 2.05) is 25.6 Å². The molecular weight excluding hydrogens is 306 g/mol. The Morgan fingerprint density at radius 2 is 2.05 bits per heavy atom. The van der Waals surface area contributed by atoms with Gasteiger partial charge in [0, 0.05) is 30.0 Å². The van der Waals surface area contributed by atoms with E-state index in [9.17, 15) is 9.59 Å². The fourth-order valence-electron chi connectivity index (χ4n) is 2.34. The molecule has 1 aromatic heterocycles. The molecule has 2 heterocycles. The highest BCUT2D eigenvalue weighted by atomic mass is 32.2. The van der Waals surface area contributed by atoms with Crippen molar-refractivity contribution in [3.63, 3.8) is 0 Å². The van der Waals surface area contributed by atoms with Gasteiger partial charge >= 0.3 is 0 Å². The number of primary amides is 1. The lowest BCUT2D eigenvalue weighted by molar-refractivity contribution is 0.0944. The van der Waals surface area contributed by atoms with Crippen LogP contribution in [-0.2, 0) is 0 Å². The van der Waals surface area contributed by atoms with Gasteiger partial charge in [-0.3, -0.25) is 9.59 Å². The van der Waals surface area contributed by atoms with E-state index in [0.29, 0.717) is 15.7 Å². The second-order valence-electron chi connectivity index (χ2n) is 5.54. The summed E-state index contributed by atoms with van der Waals surface area (Å²) in [7, 11) is 0. The predicted octanol–water partition coefficient (Wildman–Crippen LogP) is 2.21. The molecule has 0 radical (unpaired) electrons. The number of anilines is 2. The van der Waals surface area contributed by atoms with Gasteiger partial charge in [0.2, 0.25) is 0 Å². The fourth-order valence-corrected chi connectivity index (χ4v) is 4.70. The van der Waals surface area contributed by atoms with Gasteiger partial charge in [-0.15, -0.1) is 11.3 Å². The maximum Gasteiger partial charge on any atom is 0.253 e. The molecule has 116 valence electrons. The van der Waals surface area contributed by atoms with Gasteiger partial charge in [-0.1, -0.05) is 20.8 Å². The van der Waals surface area contributed by atoms with Crippen molar-refractivity contribution in [1.29, 1.82) is 0 Å². The topological polar surface area (TPSA) is 89.4 Å². The van der Waals surface area contributed by atoms with Crippen molar-refractivity contribution in [2.75, 3.05) is 29.5 Å². The van der Waals surface area contributed by atoms with Crippen molar-refractivity contribution >= 4 is 45.5 Å². The lowest BCUT2D eigenvalue weighted by Gasteiger charge is -2.31. The number of hydrogen-bond acceptors (Lipinski definition) is 6. The van der Waals surface area contributed by atoms with Gasteiger partial charge in [-0.25, -0.2) is 0 Å². The smallest absolute Gasteiger partial charge is 0.253 e. The maximum atomic E-state index is 12.3. The minimum Gasteiger partial charge on any atom is -0.397 e. The quantitative estimate of drug-likeness (QED) is 0.828. The first-order chi connectivity index (χ1) is 9.82. The number of amides is 1. The Morgan fingerprint density at radius 1 is 1.38 bits per heavy atom. The van der Waals surface area contributed by atoms with Crippen molar-refractivity contribution in [2.24, 2.45) is 11.7 Å². The molecule has 1 aliphatic heterocycles. The zero-order chi connectivity index (χ0) is 15.7. The molecule has 0 spiro atoms. The number of rotatable bonds is 4. The molecule has 5 nitrogen and oxygen atoms in total. The van der Waals surface area contributed by atoms with Gasteiger partial charge in [-0.2, -0.15) is 11.8 Å². The number of carbonyl (C=O) groups excluding carboxylic acids is 2. The fraction of sp³-hybridized carbons (Fsp3) is 0.571. The van der Waals surface area contributed by atoms with Crippen molar-refractivity contribution in [3.05, 3.63) is 10.4 Å². The van der Waals surface area contributed by atoms with E-state index >= 15 is 0 Å². The molecule has 1 aliphatic rings. The monoisotopic (exact) mass is 327 g/mol. The summed E-state index contributed by atoms with van der Waals surface area (Å²) >= 11 is 3.20. The third kappa shape index (κ3) is 3.18. The molecule has 1 saturated heterocycles.